The second-order valence-electron chi connectivity index (χ2n) is 3.02. The highest BCUT2D eigenvalue weighted by Crippen LogP contribution is 2.31. The molecule has 0 bridgehead atoms. The van der Waals surface area contributed by atoms with E-state index in [1.54, 1.807) is 0 Å². The van der Waals surface area contributed by atoms with Gasteiger partial charge in [0, 0.05) is 0 Å². The number of nitrogens with zero attached hydrogens (tertiary/aromatic N) is 5. The van der Waals surface area contributed by atoms with Gasteiger partial charge in [-0.15, -0.1) is 10.2 Å². The monoisotopic (exact) mass is 258 g/mol. The summed E-state index contributed by atoms with van der Waals surface area (Å²) in [6.45, 7) is -0.703. The highest BCUT2D eigenvalue weighted by molar-refractivity contribution is 7.18. The molecule has 0 amide bonds. The Morgan fingerprint density at radius 2 is 2.35 bits per heavy atom. The second-order valence-corrected chi connectivity index (χ2v) is 4.03. The van der Waals surface area contributed by atoms with Crippen LogP contribution in [0.1, 0.15) is 0 Å². The summed E-state index contributed by atoms with van der Waals surface area (Å²) in [5.41, 5.74) is 5.20. The average Bonchev–Trinajstić information content (AvgIpc) is 2.84. The van der Waals surface area contributed by atoms with Crippen LogP contribution in [0.5, 0.6) is 0 Å². The van der Waals surface area contributed by atoms with E-state index in [2.05, 4.69) is 15.3 Å². The molecule has 0 aromatic carbocycles. The molecule has 10 heteroatoms. The minimum atomic E-state index is -0.656. The van der Waals surface area contributed by atoms with Crippen LogP contribution in [-0.4, -0.2) is 31.6 Å². The van der Waals surface area contributed by atoms with Gasteiger partial charge in [-0.05, 0) is 0 Å². The number of nitrogens with two attached hydrogens (primary N) is 1. The predicted molar refractivity (Wildman–Crippen MR) is 58.2 cm³/mol. The van der Waals surface area contributed by atoms with Crippen LogP contribution in [0.3, 0.4) is 0 Å². The summed E-state index contributed by atoms with van der Waals surface area (Å²) in [6.07, 6.45) is 1.16. The first-order valence-corrected chi connectivity index (χ1v) is 5.30. The van der Waals surface area contributed by atoms with Gasteiger partial charge in [-0.25, -0.2) is 4.39 Å². The minimum Gasteiger partial charge on any atom is -0.374 e. The van der Waals surface area contributed by atoms with E-state index in [9.17, 15) is 14.5 Å². The van der Waals surface area contributed by atoms with E-state index in [0.29, 0.717) is 0 Å². The fourth-order valence-electron chi connectivity index (χ4n) is 1.23. The SMILES string of the molecule is Nc1nnc(-c2nn(CCF)cc2[N+](=O)[O-])s1. The van der Waals surface area contributed by atoms with E-state index in [1.807, 2.05) is 0 Å². The molecular weight excluding hydrogens is 251 g/mol. The molecule has 17 heavy (non-hydrogen) atoms. The molecule has 2 aromatic heterocycles. The van der Waals surface area contributed by atoms with E-state index in [0.717, 1.165) is 22.2 Å². The predicted octanol–water partition coefficient (Wildman–Crippen LogP) is 0.861. The molecule has 2 N–H and O–H groups in total. The van der Waals surface area contributed by atoms with Gasteiger partial charge in [0.2, 0.25) is 10.8 Å². The van der Waals surface area contributed by atoms with Crippen LogP contribution in [0, 0.1) is 10.1 Å². The molecule has 0 spiro atoms. The van der Waals surface area contributed by atoms with Gasteiger partial charge in [-0.2, -0.15) is 5.10 Å². The van der Waals surface area contributed by atoms with E-state index in [1.165, 1.54) is 0 Å². The standard InChI is InChI=1S/C7H7FN6O2S/c8-1-2-13-3-4(14(15)16)5(12-13)6-10-11-7(9)17-6/h3H,1-2H2,(H2,9,11). The average molecular weight is 258 g/mol. The molecule has 2 rings (SSSR count). The van der Waals surface area contributed by atoms with E-state index in [4.69, 9.17) is 5.73 Å². The third-order valence-corrected chi connectivity index (χ3v) is 2.66. The molecular formula is C7H7FN6O2S. The third-order valence-electron chi connectivity index (χ3n) is 1.90. The summed E-state index contributed by atoms with van der Waals surface area (Å²) in [4.78, 5) is 10.2. The number of rotatable bonds is 4. The zero-order chi connectivity index (χ0) is 12.4. The Bertz CT molecular complexity index is 552. The molecule has 0 aliphatic rings. The van der Waals surface area contributed by atoms with E-state index in [-0.39, 0.29) is 28.1 Å². The van der Waals surface area contributed by atoms with Crippen molar-refractivity contribution < 1.29 is 9.31 Å². The lowest BCUT2D eigenvalue weighted by Crippen LogP contribution is -1.99. The van der Waals surface area contributed by atoms with Gasteiger partial charge in [0.05, 0.1) is 11.5 Å². The number of hydrogen-bond acceptors (Lipinski definition) is 7. The Morgan fingerprint density at radius 3 is 2.88 bits per heavy atom. The quantitative estimate of drug-likeness (QED) is 0.642. The molecule has 2 aromatic rings. The maximum Gasteiger partial charge on any atom is 0.317 e. The molecule has 0 atom stereocenters. The van der Waals surface area contributed by atoms with Crippen molar-refractivity contribution in [3.05, 3.63) is 16.3 Å². The Labute approximate surface area is 98.0 Å². The van der Waals surface area contributed by atoms with Crippen molar-refractivity contribution in [1.29, 1.82) is 0 Å². The molecule has 0 saturated carbocycles. The summed E-state index contributed by atoms with van der Waals surface area (Å²) < 4.78 is 13.3. The van der Waals surface area contributed by atoms with Crippen LogP contribution < -0.4 is 5.73 Å². The van der Waals surface area contributed by atoms with Crippen molar-refractivity contribution in [3.8, 4) is 10.7 Å². The lowest BCUT2D eigenvalue weighted by molar-refractivity contribution is -0.384. The summed E-state index contributed by atoms with van der Waals surface area (Å²) >= 11 is 0.985. The Kier molecular flexibility index (Phi) is 2.95. The van der Waals surface area contributed by atoms with Crippen molar-refractivity contribution in [3.63, 3.8) is 0 Å². The third kappa shape index (κ3) is 2.20. The first-order chi connectivity index (χ1) is 8.11. The van der Waals surface area contributed by atoms with Crippen molar-refractivity contribution in [2.45, 2.75) is 6.54 Å². The van der Waals surface area contributed by atoms with Crippen LogP contribution in [0.25, 0.3) is 10.7 Å². The maximum atomic E-state index is 12.2. The van der Waals surface area contributed by atoms with Gasteiger partial charge in [0.1, 0.15) is 12.9 Å². The molecule has 0 saturated heterocycles. The summed E-state index contributed by atoms with van der Waals surface area (Å²) in [5, 5.41) is 22.3. The number of nitrogen functional groups attached to an aromatic ring is 1. The van der Waals surface area contributed by atoms with Crippen molar-refractivity contribution in [2.75, 3.05) is 12.4 Å². The first kappa shape index (κ1) is 11.4. The van der Waals surface area contributed by atoms with Crippen molar-refractivity contribution >= 4 is 22.2 Å². The summed E-state index contributed by atoms with van der Waals surface area (Å²) in [7, 11) is 0. The summed E-state index contributed by atoms with van der Waals surface area (Å²) in [5.74, 6) is 0. The number of alkyl halides is 1. The van der Waals surface area contributed by atoms with Crippen LogP contribution in [0.15, 0.2) is 6.20 Å². The maximum absolute atomic E-state index is 12.2. The number of halogens is 1. The van der Waals surface area contributed by atoms with Gasteiger partial charge in [0.25, 0.3) is 0 Å². The zero-order valence-electron chi connectivity index (χ0n) is 8.41. The molecule has 0 aliphatic heterocycles. The molecule has 0 unspecified atom stereocenters. The van der Waals surface area contributed by atoms with Crippen LogP contribution >= 0.6 is 11.3 Å². The highest BCUT2D eigenvalue weighted by atomic mass is 32.1. The molecule has 90 valence electrons. The Morgan fingerprint density at radius 1 is 1.59 bits per heavy atom. The van der Waals surface area contributed by atoms with Crippen molar-refractivity contribution in [2.24, 2.45) is 0 Å². The number of nitro groups is 1. The zero-order valence-corrected chi connectivity index (χ0v) is 9.22. The molecule has 2 heterocycles. The lowest BCUT2D eigenvalue weighted by Gasteiger charge is -1.91. The number of anilines is 1. The summed E-state index contributed by atoms with van der Waals surface area (Å²) in [6, 6.07) is 0. The number of aryl methyl sites for hydroxylation is 1. The second kappa shape index (κ2) is 4.41. The fourth-order valence-corrected chi connectivity index (χ4v) is 1.83. The number of hydrogen-bond donors (Lipinski definition) is 1. The van der Waals surface area contributed by atoms with Gasteiger partial charge in [-0.1, -0.05) is 11.3 Å². The van der Waals surface area contributed by atoms with Crippen LogP contribution in [0.2, 0.25) is 0 Å². The Balaban J connectivity index is 2.47. The van der Waals surface area contributed by atoms with Crippen molar-refractivity contribution in [1.82, 2.24) is 20.0 Å². The van der Waals surface area contributed by atoms with Gasteiger partial charge < -0.3 is 5.73 Å². The Hall–Kier alpha value is -2.10. The molecule has 0 aliphatic carbocycles. The number of aromatic nitrogens is 4. The van der Waals surface area contributed by atoms with E-state index < -0.39 is 11.6 Å². The van der Waals surface area contributed by atoms with Crippen LogP contribution in [0.4, 0.5) is 15.2 Å². The topological polar surface area (TPSA) is 113 Å². The van der Waals surface area contributed by atoms with Gasteiger partial charge in [-0.3, -0.25) is 14.8 Å². The lowest BCUT2D eigenvalue weighted by atomic mass is 10.4. The largest absolute Gasteiger partial charge is 0.374 e. The van der Waals surface area contributed by atoms with Gasteiger partial charge in [0.15, 0.2) is 5.01 Å². The smallest absolute Gasteiger partial charge is 0.317 e. The van der Waals surface area contributed by atoms with Gasteiger partial charge >= 0.3 is 5.69 Å². The molecule has 0 radical (unpaired) electrons. The first-order valence-electron chi connectivity index (χ1n) is 4.49. The molecule has 8 nitrogen and oxygen atoms in total. The van der Waals surface area contributed by atoms with E-state index >= 15 is 0 Å². The minimum absolute atomic E-state index is 0.0465. The fraction of sp³-hybridized carbons (Fsp3) is 0.286. The highest BCUT2D eigenvalue weighted by Gasteiger charge is 2.23. The molecule has 0 fully saturated rings. The van der Waals surface area contributed by atoms with Crippen LogP contribution in [-0.2, 0) is 6.54 Å². The normalized spacial score (nSPS) is 10.6.